The number of para-hydroxylation sites is 1. The first-order valence-electron chi connectivity index (χ1n) is 5.78. The maximum Gasteiger partial charge on any atom is 0.318 e. The number of anilines is 2. The zero-order valence-corrected chi connectivity index (χ0v) is 11.1. The van der Waals surface area contributed by atoms with Crippen LogP contribution in [0.4, 0.5) is 10.8 Å². The molecule has 0 unspecified atom stereocenters. The highest BCUT2D eigenvalue weighted by Gasteiger charge is 2.26. The first-order valence-corrected chi connectivity index (χ1v) is 6.66. The third-order valence-electron chi connectivity index (χ3n) is 2.59. The minimum absolute atomic E-state index is 0.127. The third kappa shape index (κ3) is 3.55. The lowest BCUT2D eigenvalue weighted by Gasteiger charge is -2.04. The monoisotopic (exact) mass is 292 g/mol. The van der Waals surface area contributed by atoms with E-state index in [2.05, 4.69) is 10.3 Å². The van der Waals surface area contributed by atoms with Crippen LogP contribution in [-0.4, -0.2) is 27.1 Å². The molecule has 0 spiro atoms. The molecular weight excluding hydrogens is 280 g/mol. The van der Waals surface area contributed by atoms with Gasteiger partial charge in [0.2, 0.25) is 0 Å². The number of aliphatic carboxylic acids is 2. The predicted molar refractivity (Wildman–Crippen MR) is 74.3 cm³/mol. The van der Waals surface area contributed by atoms with Gasteiger partial charge in [-0.2, -0.15) is 0 Å². The van der Waals surface area contributed by atoms with Crippen LogP contribution >= 0.6 is 11.3 Å². The van der Waals surface area contributed by atoms with Gasteiger partial charge in [0.1, 0.15) is 0 Å². The highest BCUT2D eigenvalue weighted by Crippen LogP contribution is 2.22. The Bertz CT molecular complexity index is 598. The number of carbonyl (C=O) groups is 2. The molecule has 0 radical (unpaired) electrons. The van der Waals surface area contributed by atoms with Crippen molar-refractivity contribution < 1.29 is 19.8 Å². The molecule has 20 heavy (non-hydrogen) atoms. The average Bonchev–Trinajstić information content (AvgIpc) is 2.84. The molecule has 1 aromatic heterocycles. The van der Waals surface area contributed by atoms with Crippen molar-refractivity contribution in [1.82, 2.24) is 4.98 Å². The maximum atomic E-state index is 10.8. The minimum atomic E-state index is -1.47. The van der Waals surface area contributed by atoms with E-state index in [0.29, 0.717) is 10.8 Å². The summed E-state index contributed by atoms with van der Waals surface area (Å²) in [5.74, 6) is -4.19. The van der Waals surface area contributed by atoms with Crippen molar-refractivity contribution in [3.63, 3.8) is 0 Å². The molecule has 0 aliphatic rings. The van der Waals surface area contributed by atoms with Gasteiger partial charge in [0.05, 0.1) is 5.69 Å². The molecule has 0 atom stereocenters. The second-order valence-electron chi connectivity index (χ2n) is 4.07. The van der Waals surface area contributed by atoms with Gasteiger partial charge in [0, 0.05) is 17.5 Å². The molecule has 3 N–H and O–H groups in total. The Kier molecular flexibility index (Phi) is 4.31. The largest absolute Gasteiger partial charge is 0.481 e. The summed E-state index contributed by atoms with van der Waals surface area (Å²) in [7, 11) is 0. The number of rotatable bonds is 6. The highest BCUT2D eigenvalue weighted by atomic mass is 32.1. The van der Waals surface area contributed by atoms with Crippen molar-refractivity contribution in [3.05, 3.63) is 41.4 Å². The lowest BCUT2D eigenvalue weighted by atomic mass is 10.1. The molecule has 2 rings (SSSR count). The minimum Gasteiger partial charge on any atom is -0.481 e. The predicted octanol–water partition coefficient (Wildman–Crippen LogP) is 2.21. The van der Waals surface area contributed by atoms with E-state index in [-0.39, 0.29) is 6.42 Å². The van der Waals surface area contributed by atoms with E-state index >= 15 is 0 Å². The molecule has 0 saturated carbocycles. The Hall–Kier alpha value is -2.41. The van der Waals surface area contributed by atoms with Crippen molar-refractivity contribution >= 4 is 34.1 Å². The molecule has 6 nitrogen and oxygen atoms in total. The summed E-state index contributed by atoms with van der Waals surface area (Å²) in [6, 6.07) is 9.39. The van der Waals surface area contributed by atoms with Gasteiger partial charge < -0.3 is 15.5 Å². The first kappa shape index (κ1) is 14.0. The van der Waals surface area contributed by atoms with Crippen LogP contribution in [0.15, 0.2) is 35.7 Å². The number of hydrogen-bond donors (Lipinski definition) is 3. The van der Waals surface area contributed by atoms with Crippen LogP contribution in [0, 0.1) is 5.92 Å². The van der Waals surface area contributed by atoms with Crippen LogP contribution in [0.1, 0.15) is 5.69 Å². The summed E-state index contributed by atoms with van der Waals surface area (Å²) in [5.41, 5.74) is 1.31. The topological polar surface area (TPSA) is 99.5 Å². The van der Waals surface area contributed by atoms with Gasteiger partial charge in [-0.25, -0.2) is 4.98 Å². The summed E-state index contributed by atoms with van der Waals surface area (Å²) in [5, 5.41) is 23.0. The van der Waals surface area contributed by atoms with Crippen molar-refractivity contribution in [2.45, 2.75) is 6.42 Å². The van der Waals surface area contributed by atoms with E-state index in [1.165, 1.54) is 11.3 Å². The number of thiazole rings is 1. The van der Waals surface area contributed by atoms with E-state index < -0.39 is 17.9 Å². The molecule has 7 heteroatoms. The molecule has 0 bridgehead atoms. The SMILES string of the molecule is O=C(O)C(Cc1csc(Nc2ccccc2)n1)C(=O)O. The van der Waals surface area contributed by atoms with Crippen LogP contribution in [0.5, 0.6) is 0 Å². The zero-order valence-electron chi connectivity index (χ0n) is 10.3. The first-order chi connectivity index (χ1) is 9.56. The summed E-state index contributed by atoms with van der Waals surface area (Å²) < 4.78 is 0. The van der Waals surface area contributed by atoms with Crippen molar-refractivity contribution in [3.8, 4) is 0 Å². The van der Waals surface area contributed by atoms with Crippen LogP contribution < -0.4 is 5.32 Å². The summed E-state index contributed by atoms with van der Waals surface area (Å²) in [6.45, 7) is 0. The van der Waals surface area contributed by atoms with Crippen LogP contribution in [0.25, 0.3) is 0 Å². The Balaban J connectivity index is 2.05. The number of hydrogen-bond acceptors (Lipinski definition) is 5. The fourth-order valence-electron chi connectivity index (χ4n) is 1.59. The Labute approximate surface area is 118 Å². The second kappa shape index (κ2) is 6.16. The number of nitrogens with one attached hydrogen (secondary N) is 1. The number of nitrogens with zero attached hydrogens (tertiary/aromatic N) is 1. The van der Waals surface area contributed by atoms with Gasteiger partial charge in [-0.05, 0) is 12.1 Å². The van der Waals surface area contributed by atoms with Gasteiger partial charge in [-0.3, -0.25) is 9.59 Å². The Morgan fingerprint density at radius 3 is 2.45 bits per heavy atom. The standard InChI is InChI=1S/C13H12N2O4S/c16-11(17)10(12(18)19)6-9-7-20-13(15-9)14-8-4-2-1-3-5-8/h1-5,7,10H,6H2,(H,14,15)(H,16,17)(H,18,19). The van der Waals surface area contributed by atoms with Gasteiger partial charge >= 0.3 is 11.9 Å². The molecule has 1 heterocycles. The van der Waals surface area contributed by atoms with E-state index in [0.717, 1.165) is 5.69 Å². The molecule has 0 saturated heterocycles. The summed E-state index contributed by atoms with van der Waals surface area (Å²) in [4.78, 5) is 25.8. The maximum absolute atomic E-state index is 10.8. The zero-order chi connectivity index (χ0) is 14.5. The number of benzene rings is 1. The Morgan fingerprint density at radius 1 is 1.20 bits per heavy atom. The normalized spacial score (nSPS) is 10.4. The van der Waals surface area contributed by atoms with Gasteiger partial charge in [-0.1, -0.05) is 18.2 Å². The number of carboxylic acids is 2. The Morgan fingerprint density at radius 2 is 1.85 bits per heavy atom. The summed E-state index contributed by atoms with van der Waals surface area (Å²) >= 11 is 1.30. The van der Waals surface area contributed by atoms with Crippen LogP contribution in [0.2, 0.25) is 0 Å². The van der Waals surface area contributed by atoms with Gasteiger partial charge in [-0.15, -0.1) is 11.3 Å². The van der Waals surface area contributed by atoms with E-state index in [1.807, 2.05) is 30.3 Å². The molecule has 0 aliphatic heterocycles. The van der Waals surface area contributed by atoms with E-state index in [4.69, 9.17) is 10.2 Å². The fourth-order valence-corrected chi connectivity index (χ4v) is 2.34. The van der Waals surface area contributed by atoms with Crippen LogP contribution in [0.3, 0.4) is 0 Å². The molecular formula is C13H12N2O4S. The highest BCUT2D eigenvalue weighted by molar-refractivity contribution is 7.13. The quantitative estimate of drug-likeness (QED) is 0.706. The molecule has 0 amide bonds. The van der Waals surface area contributed by atoms with E-state index in [1.54, 1.807) is 5.38 Å². The molecule has 2 aromatic rings. The molecule has 1 aromatic carbocycles. The number of aromatic nitrogens is 1. The molecule has 0 fully saturated rings. The molecule has 104 valence electrons. The lowest BCUT2D eigenvalue weighted by Crippen LogP contribution is -2.25. The van der Waals surface area contributed by atoms with Crippen molar-refractivity contribution in [2.24, 2.45) is 5.92 Å². The third-order valence-corrected chi connectivity index (χ3v) is 3.39. The molecule has 0 aliphatic carbocycles. The van der Waals surface area contributed by atoms with Gasteiger partial charge in [0.25, 0.3) is 0 Å². The van der Waals surface area contributed by atoms with Crippen molar-refractivity contribution in [2.75, 3.05) is 5.32 Å². The number of carboxylic acid groups (broad SMARTS) is 2. The van der Waals surface area contributed by atoms with Gasteiger partial charge in [0.15, 0.2) is 11.0 Å². The van der Waals surface area contributed by atoms with Crippen molar-refractivity contribution in [1.29, 1.82) is 0 Å². The summed E-state index contributed by atoms with van der Waals surface area (Å²) in [6.07, 6.45) is -0.127. The fraction of sp³-hybridized carbons (Fsp3) is 0.154. The lowest BCUT2D eigenvalue weighted by molar-refractivity contribution is -0.154. The average molecular weight is 292 g/mol. The van der Waals surface area contributed by atoms with E-state index in [9.17, 15) is 9.59 Å². The smallest absolute Gasteiger partial charge is 0.318 e. The van der Waals surface area contributed by atoms with Crippen LogP contribution in [-0.2, 0) is 16.0 Å². The second-order valence-corrected chi connectivity index (χ2v) is 4.93.